The molecule has 1 aromatic carbocycles. The number of nitrogens with one attached hydrogen (secondary N) is 2. The predicted molar refractivity (Wildman–Crippen MR) is 109 cm³/mol. The fourth-order valence-electron chi connectivity index (χ4n) is 2.81. The highest BCUT2D eigenvalue weighted by molar-refractivity contribution is 8.00. The molecule has 2 heterocycles. The summed E-state index contributed by atoms with van der Waals surface area (Å²) in [7, 11) is 1.44. The van der Waals surface area contributed by atoms with Gasteiger partial charge in [0.05, 0.1) is 13.7 Å². The summed E-state index contributed by atoms with van der Waals surface area (Å²) < 4.78 is 7.46. The third-order valence-electron chi connectivity index (χ3n) is 4.45. The van der Waals surface area contributed by atoms with Crippen LogP contribution in [0.5, 0.6) is 0 Å². The molecule has 1 fully saturated rings. The van der Waals surface area contributed by atoms with Gasteiger partial charge in [-0.05, 0) is 49.3 Å². The Morgan fingerprint density at radius 1 is 1.46 bits per heavy atom. The highest BCUT2D eigenvalue weighted by Gasteiger charge is 2.30. The first-order valence-corrected chi connectivity index (χ1v) is 10.7. The summed E-state index contributed by atoms with van der Waals surface area (Å²) in [5.74, 6) is 0.784. The molecule has 0 saturated carbocycles. The molecule has 2 atom stereocenters. The number of quaternary nitrogens is 1. The van der Waals surface area contributed by atoms with Crippen LogP contribution in [0.25, 0.3) is 0 Å². The average molecular weight is 412 g/mol. The molecular formula is C17H23N4O2S3+. The molecule has 140 valence electrons. The molecular weight excluding hydrogens is 388 g/mol. The highest BCUT2D eigenvalue weighted by Crippen LogP contribution is 2.22. The van der Waals surface area contributed by atoms with Gasteiger partial charge in [-0.3, -0.25) is 4.79 Å². The minimum atomic E-state index is -0.147. The molecule has 1 saturated heterocycles. The Balaban J connectivity index is 1.67. The van der Waals surface area contributed by atoms with Crippen molar-refractivity contribution in [3.05, 3.63) is 33.3 Å². The first-order chi connectivity index (χ1) is 12.5. The first-order valence-electron chi connectivity index (χ1n) is 8.41. The van der Waals surface area contributed by atoms with E-state index in [0.717, 1.165) is 33.6 Å². The fourth-order valence-corrected chi connectivity index (χ4v) is 5.11. The SMILES string of the molecule is COC(=O)[C@@H]1C[NH+](Cn2nc(Nc3ccc(C)c(C)c3)sc2=S)CCS1. The maximum absolute atomic E-state index is 11.8. The number of nitrogens with zero attached hydrogens (tertiary/aromatic N) is 2. The van der Waals surface area contributed by atoms with E-state index in [0.29, 0.717) is 6.67 Å². The van der Waals surface area contributed by atoms with Crippen LogP contribution in [0.3, 0.4) is 0 Å². The number of thioether (sulfide) groups is 1. The van der Waals surface area contributed by atoms with E-state index in [9.17, 15) is 4.79 Å². The van der Waals surface area contributed by atoms with Crippen molar-refractivity contribution in [2.45, 2.75) is 25.8 Å². The van der Waals surface area contributed by atoms with Crippen molar-refractivity contribution < 1.29 is 14.4 Å². The van der Waals surface area contributed by atoms with Gasteiger partial charge in [-0.2, -0.15) is 4.68 Å². The number of carbonyl (C=O) groups excluding carboxylic acids is 1. The van der Waals surface area contributed by atoms with Crippen molar-refractivity contribution in [1.82, 2.24) is 9.78 Å². The molecule has 1 aromatic heterocycles. The summed E-state index contributed by atoms with van der Waals surface area (Å²) >= 11 is 8.60. The van der Waals surface area contributed by atoms with Gasteiger partial charge < -0.3 is 15.0 Å². The third-order valence-corrected chi connectivity index (χ3v) is 6.88. The number of carbonyl (C=O) groups is 1. The number of esters is 1. The zero-order chi connectivity index (χ0) is 18.7. The van der Waals surface area contributed by atoms with Crippen LogP contribution in [-0.2, 0) is 16.2 Å². The molecule has 0 bridgehead atoms. The average Bonchev–Trinajstić information content (AvgIpc) is 2.96. The van der Waals surface area contributed by atoms with Crippen LogP contribution in [0.1, 0.15) is 11.1 Å². The number of benzene rings is 1. The van der Waals surface area contributed by atoms with Gasteiger partial charge in [0.25, 0.3) is 0 Å². The number of ether oxygens (including phenoxy) is 1. The summed E-state index contributed by atoms with van der Waals surface area (Å²) in [5, 5.41) is 8.64. The van der Waals surface area contributed by atoms with Crippen molar-refractivity contribution in [3.63, 3.8) is 0 Å². The fraction of sp³-hybridized carbons (Fsp3) is 0.471. The van der Waals surface area contributed by atoms with Gasteiger partial charge in [0.2, 0.25) is 5.13 Å². The van der Waals surface area contributed by atoms with E-state index < -0.39 is 0 Å². The number of aryl methyl sites for hydroxylation is 2. The Labute approximate surface area is 166 Å². The van der Waals surface area contributed by atoms with Gasteiger partial charge in [-0.15, -0.1) is 16.9 Å². The minimum Gasteiger partial charge on any atom is -0.468 e. The van der Waals surface area contributed by atoms with Crippen molar-refractivity contribution in [1.29, 1.82) is 0 Å². The monoisotopic (exact) mass is 411 g/mol. The Hall–Kier alpha value is -1.42. The summed E-state index contributed by atoms with van der Waals surface area (Å²) in [4.78, 5) is 13.1. The summed E-state index contributed by atoms with van der Waals surface area (Å²) in [6.45, 7) is 6.57. The van der Waals surface area contributed by atoms with E-state index in [-0.39, 0.29) is 11.2 Å². The van der Waals surface area contributed by atoms with Gasteiger partial charge in [-0.1, -0.05) is 17.4 Å². The number of hydrogen-bond donors (Lipinski definition) is 2. The normalized spacial score (nSPS) is 20.0. The van der Waals surface area contributed by atoms with E-state index in [1.165, 1.54) is 34.5 Å². The lowest BCUT2D eigenvalue weighted by molar-refractivity contribution is -0.921. The number of anilines is 2. The van der Waals surface area contributed by atoms with E-state index in [4.69, 9.17) is 17.0 Å². The van der Waals surface area contributed by atoms with Crippen LogP contribution < -0.4 is 10.2 Å². The third kappa shape index (κ3) is 4.64. The molecule has 0 aliphatic carbocycles. The van der Waals surface area contributed by atoms with Crippen LogP contribution in [0.4, 0.5) is 10.8 Å². The van der Waals surface area contributed by atoms with Gasteiger partial charge in [0.1, 0.15) is 6.54 Å². The smallest absolute Gasteiger partial charge is 0.324 e. The van der Waals surface area contributed by atoms with Crippen LogP contribution >= 0.6 is 35.3 Å². The zero-order valence-electron chi connectivity index (χ0n) is 15.1. The Bertz CT molecular complexity index is 849. The van der Waals surface area contributed by atoms with Crippen LogP contribution in [0, 0.1) is 17.8 Å². The van der Waals surface area contributed by atoms with Crippen molar-refractivity contribution in [2.24, 2.45) is 0 Å². The molecule has 1 aliphatic heterocycles. The van der Waals surface area contributed by atoms with Crippen molar-refractivity contribution in [2.75, 3.05) is 31.3 Å². The first kappa shape index (κ1) is 19.3. The molecule has 26 heavy (non-hydrogen) atoms. The van der Waals surface area contributed by atoms with E-state index in [1.54, 1.807) is 11.8 Å². The van der Waals surface area contributed by atoms with Crippen molar-refractivity contribution >= 4 is 52.1 Å². The maximum atomic E-state index is 11.8. The standard InChI is InChI=1S/C17H22N4O2S3/c1-11-4-5-13(8-12(11)2)18-16-19-21(17(24)26-16)10-20-6-7-25-14(9-20)15(22)23-3/h4-5,8,14H,6-7,9-10H2,1-3H3,(H,18,19)/p+1/t14-/m0/s1. The van der Waals surface area contributed by atoms with E-state index >= 15 is 0 Å². The quantitative estimate of drug-likeness (QED) is 0.581. The molecule has 3 rings (SSSR count). The molecule has 9 heteroatoms. The number of rotatable bonds is 5. The lowest BCUT2D eigenvalue weighted by Gasteiger charge is -2.27. The van der Waals surface area contributed by atoms with Crippen molar-refractivity contribution in [3.8, 4) is 0 Å². The predicted octanol–water partition coefficient (Wildman–Crippen LogP) is 2.17. The largest absolute Gasteiger partial charge is 0.468 e. The number of aromatic nitrogens is 2. The molecule has 0 spiro atoms. The van der Waals surface area contributed by atoms with E-state index in [2.05, 4.69) is 36.4 Å². The van der Waals surface area contributed by atoms with Crippen LogP contribution in [0.15, 0.2) is 18.2 Å². The van der Waals surface area contributed by atoms with Gasteiger partial charge in [0, 0.05) is 11.4 Å². The second kappa shape index (κ2) is 8.51. The molecule has 1 unspecified atom stereocenters. The zero-order valence-corrected chi connectivity index (χ0v) is 17.5. The number of hydrogen-bond acceptors (Lipinski definition) is 7. The summed E-state index contributed by atoms with van der Waals surface area (Å²) in [5.41, 5.74) is 3.51. The lowest BCUT2D eigenvalue weighted by Crippen LogP contribution is -3.14. The second-order valence-electron chi connectivity index (χ2n) is 6.34. The van der Waals surface area contributed by atoms with Gasteiger partial charge >= 0.3 is 5.97 Å². The van der Waals surface area contributed by atoms with Crippen LogP contribution in [-0.4, -0.2) is 47.0 Å². The minimum absolute atomic E-state index is 0.107. The molecule has 0 radical (unpaired) electrons. The molecule has 1 aliphatic rings. The maximum Gasteiger partial charge on any atom is 0.324 e. The summed E-state index contributed by atoms with van der Waals surface area (Å²) in [6.07, 6.45) is 0. The second-order valence-corrected chi connectivity index (χ2v) is 9.27. The Morgan fingerprint density at radius 3 is 3.00 bits per heavy atom. The van der Waals surface area contributed by atoms with Gasteiger partial charge in [-0.25, -0.2) is 0 Å². The topological polar surface area (TPSA) is 60.6 Å². The molecule has 6 nitrogen and oxygen atoms in total. The van der Waals surface area contributed by atoms with Gasteiger partial charge in [0.15, 0.2) is 15.9 Å². The number of methoxy groups -OCH3 is 1. The Morgan fingerprint density at radius 2 is 2.27 bits per heavy atom. The lowest BCUT2D eigenvalue weighted by atomic mass is 10.1. The van der Waals surface area contributed by atoms with E-state index in [1.807, 2.05) is 10.7 Å². The van der Waals surface area contributed by atoms with Crippen LogP contribution in [0.2, 0.25) is 0 Å². The summed E-state index contributed by atoms with van der Waals surface area (Å²) in [6, 6.07) is 6.25. The molecule has 2 N–H and O–H groups in total. The highest BCUT2D eigenvalue weighted by atomic mass is 32.2. The Kier molecular flexibility index (Phi) is 6.33. The molecule has 0 amide bonds. The molecule has 2 aromatic rings.